The van der Waals surface area contributed by atoms with Crippen molar-refractivity contribution in [2.75, 3.05) is 19.6 Å². The minimum absolute atomic E-state index is 0.0438. The van der Waals surface area contributed by atoms with Crippen molar-refractivity contribution in [3.8, 4) is 11.4 Å². The maximum absolute atomic E-state index is 13.0. The predicted octanol–water partition coefficient (Wildman–Crippen LogP) is 2.32. The van der Waals surface area contributed by atoms with Gasteiger partial charge in [0.2, 0.25) is 17.6 Å². The number of hydrogen-bond acceptors (Lipinski definition) is 5. The second kappa shape index (κ2) is 7.53. The van der Waals surface area contributed by atoms with E-state index >= 15 is 0 Å². The van der Waals surface area contributed by atoms with E-state index in [-0.39, 0.29) is 17.6 Å². The fourth-order valence-corrected chi connectivity index (χ4v) is 2.93. The zero-order valence-electron chi connectivity index (χ0n) is 13.4. The second-order valence-electron chi connectivity index (χ2n) is 6.03. The highest BCUT2D eigenvalue weighted by Gasteiger charge is 2.28. The van der Waals surface area contributed by atoms with Crippen LogP contribution >= 0.6 is 0 Å². The van der Waals surface area contributed by atoms with E-state index in [2.05, 4.69) is 10.1 Å². The van der Waals surface area contributed by atoms with E-state index in [0.29, 0.717) is 43.2 Å². The lowest BCUT2D eigenvalue weighted by Gasteiger charge is -2.31. The van der Waals surface area contributed by atoms with Crippen LogP contribution in [0.1, 0.15) is 37.5 Å². The zero-order chi connectivity index (χ0) is 16.9. The minimum Gasteiger partial charge on any atom is -0.342 e. The van der Waals surface area contributed by atoms with Gasteiger partial charge in [-0.3, -0.25) is 4.79 Å². The molecule has 1 unspecified atom stereocenters. The van der Waals surface area contributed by atoms with Crippen molar-refractivity contribution in [1.29, 1.82) is 0 Å². The van der Waals surface area contributed by atoms with Crippen molar-refractivity contribution in [3.05, 3.63) is 36.0 Å². The van der Waals surface area contributed by atoms with E-state index < -0.39 is 0 Å². The molecule has 0 bridgehead atoms. The molecule has 6 nitrogen and oxygen atoms in total. The number of hydrogen-bond donors (Lipinski definition) is 1. The number of rotatable bonds is 5. The maximum Gasteiger partial charge on any atom is 0.231 e. The van der Waals surface area contributed by atoms with Crippen molar-refractivity contribution in [1.82, 2.24) is 15.0 Å². The molecule has 1 aromatic carbocycles. The number of aromatic nitrogens is 2. The first-order chi connectivity index (χ1) is 11.7. The Labute approximate surface area is 139 Å². The Morgan fingerprint density at radius 2 is 2.17 bits per heavy atom. The molecule has 24 heavy (non-hydrogen) atoms. The molecule has 1 aromatic heterocycles. The van der Waals surface area contributed by atoms with Crippen LogP contribution in [-0.2, 0) is 4.79 Å². The van der Waals surface area contributed by atoms with Gasteiger partial charge in [-0.25, -0.2) is 4.39 Å². The summed E-state index contributed by atoms with van der Waals surface area (Å²) in [6.45, 7) is 1.88. The first-order valence-electron chi connectivity index (χ1n) is 8.25. The number of likely N-dealkylation sites (tertiary alicyclic amines) is 1. The van der Waals surface area contributed by atoms with E-state index in [0.717, 1.165) is 19.4 Å². The van der Waals surface area contributed by atoms with Crippen LogP contribution in [0.5, 0.6) is 0 Å². The average Bonchev–Trinajstić information content (AvgIpc) is 3.10. The number of piperidine rings is 1. The van der Waals surface area contributed by atoms with Gasteiger partial charge in [0, 0.05) is 25.1 Å². The molecule has 1 aliphatic heterocycles. The summed E-state index contributed by atoms with van der Waals surface area (Å²) in [4.78, 5) is 18.4. The van der Waals surface area contributed by atoms with E-state index in [1.54, 1.807) is 12.1 Å². The Kier molecular flexibility index (Phi) is 5.20. The van der Waals surface area contributed by atoms with E-state index in [1.807, 2.05) is 4.90 Å². The highest BCUT2D eigenvalue weighted by atomic mass is 19.1. The number of halogens is 1. The average molecular weight is 332 g/mol. The lowest BCUT2D eigenvalue weighted by atomic mass is 9.97. The van der Waals surface area contributed by atoms with Crippen LogP contribution in [0.3, 0.4) is 0 Å². The molecule has 128 valence electrons. The molecular weight excluding hydrogens is 311 g/mol. The fraction of sp³-hybridized carbons (Fsp3) is 0.471. The molecule has 2 N–H and O–H groups in total. The van der Waals surface area contributed by atoms with E-state index in [4.69, 9.17) is 10.3 Å². The third-order valence-electron chi connectivity index (χ3n) is 4.26. The topological polar surface area (TPSA) is 85.3 Å². The number of nitrogens with two attached hydrogens (primary N) is 1. The summed E-state index contributed by atoms with van der Waals surface area (Å²) in [6.07, 6.45) is 3.00. The van der Waals surface area contributed by atoms with Gasteiger partial charge in [0.1, 0.15) is 5.82 Å². The van der Waals surface area contributed by atoms with E-state index in [1.165, 1.54) is 12.1 Å². The van der Waals surface area contributed by atoms with Crippen LogP contribution in [0.25, 0.3) is 11.4 Å². The Balaban J connectivity index is 1.68. The van der Waals surface area contributed by atoms with Crippen LogP contribution in [0.4, 0.5) is 4.39 Å². The van der Waals surface area contributed by atoms with Crippen LogP contribution in [0.2, 0.25) is 0 Å². The van der Waals surface area contributed by atoms with Crippen molar-refractivity contribution < 1.29 is 13.7 Å². The number of carbonyl (C=O) groups excluding carboxylic acids is 1. The summed E-state index contributed by atoms with van der Waals surface area (Å²) in [6, 6.07) is 5.97. The first-order valence-corrected chi connectivity index (χ1v) is 8.25. The molecule has 1 fully saturated rings. The fourth-order valence-electron chi connectivity index (χ4n) is 2.93. The Bertz CT molecular complexity index is 686. The molecule has 7 heteroatoms. The SMILES string of the molecule is NCCCC(=O)N1CCCC(c2nc(-c3ccc(F)cc3)no2)C1. The maximum atomic E-state index is 13.0. The van der Waals surface area contributed by atoms with Crippen molar-refractivity contribution in [3.63, 3.8) is 0 Å². The van der Waals surface area contributed by atoms with Crippen molar-refractivity contribution in [2.24, 2.45) is 5.73 Å². The molecule has 1 amide bonds. The van der Waals surface area contributed by atoms with E-state index in [9.17, 15) is 9.18 Å². The number of amides is 1. The molecule has 0 spiro atoms. The molecule has 0 radical (unpaired) electrons. The molecule has 1 aliphatic rings. The van der Waals surface area contributed by atoms with Gasteiger partial charge >= 0.3 is 0 Å². The quantitative estimate of drug-likeness (QED) is 0.908. The Morgan fingerprint density at radius 1 is 1.38 bits per heavy atom. The monoisotopic (exact) mass is 332 g/mol. The predicted molar refractivity (Wildman–Crippen MR) is 86.5 cm³/mol. The smallest absolute Gasteiger partial charge is 0.231 e. The molecule has 3 rings (SSSR count). The summed E-state index contributed by atoms with van der Waals surface area (Å²) in [5.74, 6) is 0.842. The summed E-state index contributed by atoms with van der Waals surface area (Å²) in [7, 11) is 0. The van der Waals surface area contributed by atoms with Gasteiger partial charge in [0.05, 0.1) is 5.92 Å². The van der Waals surface area contributed by atoms with Crippen LogP contribution in [-0.4, -0.2) is 40.6 Å². The number of benzene rings is 1. The molecule has 0 aliphatic carbocycles. The zero-order valence-corrected chi connectivity index (χ0v) is 13.4. The normalized spacial score (nSPS) is 17.9. The lowest BCUT2D eigenvalue weighted by Crippen LogP contribution is -2.39. The van der Waals surface area contributed by atoms with Crippen LogP contribution in [0, 0.1) is 5.82 Å². The highest BCUT2D eigenvalue weighted by molar-refractivity contribution is 5.76. The molecular formula is C17H21FN4O2. The standard InChI is InChI=1S/C17H21FN4O2/c18-14-7-5-12(6-8-14)16-20-17(24-21-16)13-3-2-10-22(11-13)15(23)4-1-9-19/h5-8,13H,1-4,9-11,19H2. The summed E-state index contributed by atoms with van der Waals surface area (Å²) < 4.78 is 18.4. The van der Waals surface area contributed by atoms with Gasteiger partial charge in [-0.1, -0.05) is 5.16 Å². The number of carbonyl (C=O) groups is 1. The van der Waals surface area contributed by atoms with Gasteiger partial charge in [0.25, 0.3) is 0 Å². The summed E-state index contributed by atoms with van der Waals surface area (Å²) in [5, 5.41) is 3.98. The Morgan fingerprint density at radius 3 is 2.92 bits per heavy atom. The van der Waals surface area contributed by atoms with Crippen molar-refractivity contribution in [2.45, 2.75) is 31.6 Å². The van der Waals surface area contributed by atoms with Gasteiger partial charge in [0.15, 0.2) is 0 Å². The molecule has 2 heterocycles. The Hall–Kier alpha value is -2.28. The summed E-state index contributed by atoms with van der Waals surface area (Å²) in [5.41, 5.74) is 6.17. The highest BCUT2D eigenvalue weighted by Crippen LogP contribution is 2.28. The van der Waals surface area contributed by atoms with Gasteiger partial charge in [-0.05, 0) is 50.1 Å². The summed E-state index contributed by atoms with van der Waals surface area (Å²) >= 11 is 0. The second-order valence-corrected chi connectivity index (χ2v) is 6.03. The van der Waals surface area contributed by atoms with Crippen LogP contribution in [0.15, 0.2) is 28.8 Å². The lowest BCUT2D eigenvalue weighted by molar-refractivity contribution is -0.132. The third-order valence-corrected chi connectivity index (χ3v) is 4.26. The van der Waals surface area contributed by atoms with Gasteiger partial charge < -0.3 is 15.2 Å². The first kappa shape index (κ1) is 16.6. The third kappa shape index (κ3) is 3.79. The molecule has 0 saturated carbocycles. The largest absolute Gasteiger partial charge is 0.342 e. The molecule has 1 atom stereocenters. The molecule has 2 aromatic rings. The van der Waals surface area contributed by atoms with Crippen LogP contribution < -0.4 is 5.73 Å². The van der Waals surface area contributed by atoms with Gasteiger partial charge in [-0.2, -0.15) is 4.98 Å². The van der Waals surface area contributed by atoms with Gasteiger partial charge in [-0.15, -0.1) is 0 Å². The number of nitrogens with zero attached hydrogens (tertiary/aromatic N) is 3. The van der Waals surface area contributed by atoms with Crippen molar-refractivity contribution >= 4 is 5.91 Å². The molecule has 1 saturated heterocycles. The minimum atomic E-state index is -0.304.